The van der Waals surface area contributed by atoms with Crippen LogP contribution in [-0.2, 0) is 14.4 Å². The first kappa shape index (κ1) is 15.4. The summed E-state index contributed by atoms with van der Waals surface area (Å²) in [5.74, 6) is -3.49. The molecule has 0 rings (SSSR count). The van der Waals surface area contributed by atoms with Gasteiger partial charge < -0.3 is 20.8 Å². The van der Waals surface area contributed by atoms with Gasteiger partial charge in [-0.2, -0.15) is 0 Å². The van der Waals surface area contributed by atoms with Crippen molar-refractivity contribution < 1.29 is 26.0 Å². The number of carbonyl (C=O) groups is 3. The second-order valence-corrected chi connectivity index (χ2v) is 4.59. The van der Waals surface area contributed by atoms with Crippen LogP contribution in [0.15, 0.2) is 0 Å². The lowest BCUT2D eigenvalue weighted by Crippen LogP contribution is -2.52. The molecule has 7 nitrogen and oxygen atoms in total. The molecule has 0 unspecified atom stereocenters. The van der Waals surface area contributed by atoms with Crippen molar-refractivity contribution in [3.05, 3.63) is 0 Å². The molecular weight excluding hydrogens is 252 g/mol. The van der Waals surface area contributed by atoms with E-state index in [0.29, 0.717) is 6.42 Å². The van der Waals surface area contributed by atoms with E-state index in [1.807, 2.05) is 0 Å². The third-order valence-corrected chi connectivity index (χ3v) is 2.47. The Labute approximate surface area is 113 Å². The molecule has 0 fully saturated rings. The van der Waals surface area contributed by atoms with Gasteiger partial charge in [-0.3, -0.25) is 9.59 Å². The summed E-state index contributed by atoms with van der Waals surface area (Å²) in [5.41, 5.74) is 0. The fourth-order valence-electron chi connectivity index (χ4n) is 1.45. The van der Waals surface area contributed by atoms with Crippen molar-refractivity contribution in [1.29, 1.82) is 0 Å². The number of amides is 1. The lowest BCUT2D eigenvalue weighted by Gasteiger charge is -2.22. The van der Waals surface area contributed by atoms with Gasteiger partial charge in [0, 0.05) is 0 Å². The van der Waals surface area contributed by atoms with Crippen molar-refractivity contribution in [3.63, 3.8) is 0 Å². The van der Waals surface area contributed by atoms with Crippen molar-refractivity contribution in [2.24, 2.45) is 5.92 Å². The Balaban J connectivity index is 4.93. The molecule has 19 heavy (non-hydrogen) atoms. The predicted octanol–water partition coefficient (Wildman–Crippen LogP) is 0.0547. The van der Waals surface area contributed by atoms with Gasteiger partial charge in [0.1, 0.15) is 7.45 Å². The van der Waals surface area contributed by atoms with E-state index in [4.69, 9.17) is 11.6 Å². The summed E-state index contributed by atoms with van der Waals surface area (Å²) in [6.07, 6.45) is 0.0409. The molecule has 0 aliphatic carbocycles. The molecule has 7 heteroatoms. The second-order valence-electron chi connectivity index (χ2n) is 4.59. The average Bonchev–Trinajstić information content (AvgIpc) is 2.31. The maximum atomic E-state index is 12.0. The number of carboxylic acids is 2. The molecule has 0 aliphatic rings. The number of carbonyl (C=O) groups excluding carboxylic acids is 1. The van der Waals surface area contributed by atoms with Crippen LogP contribution in [0.5, 0.6) is 0 Å². The summed E-state index contributed by atoms with van der Waals surface area (Å²) < 4.78 is 7.67. The van der Waals surface area contributed by atoms with Gasteiger partial charge in [0.05, 0.1) is 12.5 Å². The third-order valence-electron chi connectivity index (χ3n) is 2.47. The van der Waals surface area contributed by atoms with Gasteiger partial charge in [-0.05, 0) is 18.9 Å². The molecule has 0 spiro atoms. The zero-order chi connectivity index (χ0) is 15.9. The minimum absolute atomic E-state index is 0.227. The van der Waals surface area contributed by atoms with Gasteiger partial charge in [0.2, 0.25) is 5.91 Å². The molecule has 0 heterocycles. The number of hydrogen-bond donors (Lipinski definition) is 4. The largest absolute Gasteiger partial charge is 0.481 e. The lowest BCUT2D eigenvalue weighted by atomic mass is 10.0. The number of nitrogens with one attached hydrogen (secondary N) is 2. The zero-order valence-electron chi connectivity index (χ0n) is 12.4. The van der Waals surface area contributed by atoms with Crippen LogP contribution in [0.3, 0.4) is 0 Å². The summed E-state index contributed by atoms with van der Waals surface area (Å²) >= 11 is 0. The standard InChI is InChI=1S/C12H22N2O5/c1-4-5-13-8(6-9(15)16)11(17)14-10(7(2)3)12(18)19/h7-8,10,13H,4-6H2,1-3H3,(H,14,17)(H,15,16)(H,18,19)/t8-,10-/m0/s1/i/hD. The Morgan fingerprint density at radius 2 is 1.84 bits per heavy atom. The van der Waals surface area contributed by atoms with Crippen LogP contribution in [0.25, 0.3) is 0 Å². The highest BCUT2D eigenvalue weighted by atomic mass is 16.4. The van der Waals surface area contributed by atoms with Crippen molar-refractivity contribution in [1.82, 2.24) is 10.6 Å². The van der Waals surface area contributed by atoms with E-state index in [0.717, 1.165) is 5.31 Å². The van der Waals surface area contributed by atoms with E-state index in [2.05, 4.69) is 5.32 Å². The number of carboxylic acid groups (broad SMARTS) is 2. The van der Waals surface area contributed by atoms with Gasteiger partial charge in [-0.25, -0.2) is 4.79 Å². The number of hydrogen-bond acceptors (Lipinski definition) is 4. The first-order valence-corrected chi connectivity index (χ1v) is 6.21. The monoisotopic (exact) mass is 275 g/mol. The van der Waals surface area contributed by atoms with Crippen molar-refractivity contribution in [2.75, 3.05) is 6.54 Å². The highest BCUT2D eigenvalue weighted by Gasteiger charge is 2.28. The van der Waals surface area contributed by atoms with E-state index in [9.17, 15) is 14.4 Å². The first-order chi connectivity index (χ1) is 9.20. The van der Waals surface area contributed by atoms with Gasteiger partial charge in [0.15, 0.2) is 0 Å². The second kappa shape index (κ2) is 8.47. The lowest BCUT2D eigenvalue weighted by molar-refractivity contribution is -0.144. The van der Waals surface area contributed by atoms with Gasteiger partial charge in [-0.15, -0.1) is 0 Å². The number of rotatable bonds is 9. The van der Waals surface area contributed by atoms with Crippen LogP contribution in [0.4, 0.5) is 0 Å². The van der Waals surface area contributed by atoms with E-state index in [1.54, 1.807) is 20.8 Å². The molecule has 4 N–H and O–H groups in total. The molecule has 0 radical (unpaired) electrons. The Morgan fingerprint density at radius 3 is 2.21 bits per heavy atom. The maximum Gasteiger partial charge on any atom is 0.326 e. The van der Waals surface area contributed by atoms with Gasteiger partial charge in [-0.1, -0.05) is 20.8 Å². The van der Waals surface area contributed by atoms with Crippen LogP contribution in [0.2, 0.25) is 1.41 Å². The average molecular weight is 275 g/mol. The van der Waals surface area contributed by atoms with Crippen molar-refractivity contribution in [2.45, 2.75) is 45.7 Å². The van der Waals surface area contributed by atoms with Crippen molar-refractivity contribution in [3.8, 4) is 0 Å². The van der Waals surface area contributed by atoms with E-state index >= 15 is 0 Å². The van der Waals surface area contributed by atoms with Crippen LogP contribution in [0, 0.1) is 5.92 Å². The van der Waals surface area contributed by atoms with E-state index in [-0.39, 0.29) is 12.5 Å². The van der Waals surface area contributed by atoms with Gasteiger partial charge >= 0.3 is 11.9 Å². The molecule has 2 atom stereocenters. The van der Waals surface area contributed by atoms with E-state index < -0.39 is 36.4 Å². The minimum Gasteiger partial charge on any atom is -0.481 e. The van der Waals surface area contributed by atoms with E-state index in [1.165, 1.54) is 0 Å². The predicted molar refractivity (Wildman–Crippen MR) is 68.7 cm³/mol. The summed E-state index contributed by atoms with van der Waals surface area (Å²) in [4.78, 5) is 33.8. The van der Waals surface area contributed by atoms with Crippen LogP contribution < -0.4 is 10.6 Å². The van der Waals surface area contributed by atoms with Crippen LogP contribution >= 0.6 is 0 Å². The molecule has 0 aliphatic heterocycles. The Hall–Kier alpha value is -1.63. The SMILES string of the molecule is [2H]N(CCC)[C@@H](CC(=O)O)C(=O)N[C@H](C(=O)O)C(C)C. The Bertz CT molecular complexity index is 362. The summed E-state index contributed by atoms with van der Waals surface area (Å²) in [6, 6.07) is -2.30. The molecule has 0 aromatic heterocycles. The smallest absolute Gasteiger partial charge is 0.326 e. The third kappa shape index (κ3) is 6.76. The van der Waals surface area contributed by atoms with Crippen molar-refractivity contribution >= 4 is 17.8 Å². The summed E-state index contributed by atoms with van der Waals surface area (Å²) in [5, 5.41) is 21.0. The maximum absolute atomic E-state index is 12.0. The normalized spacial score (nSPS) is 14.9. The highest BCUT2D eigenvalue weighted by Crippen LogP contribution is 2.03. The van der Waals surface area contributed by atoms with Crippen LogP contribution in [-0.4, -0.2) is 46.7 Å². The molecule has 110 valence electrons. The molecule has 1 amide bonds. The zero-order valence-corrected chi connectivity index (χ0v) is 11.4. The minimum atomic E-state index is -1.21. The molecular formula is C12H22N2O5. The number of aliphatic carboxylic acids is 2. The van der Waals surface area contributed by atoms with Crippen LogP contribution in [0.1, 0.15) is 33.6 Å². The van der Waals surface area contributed by atoms with Gasteiger partial charge in [0.25, 0.3) is 0 Å². The highest BCUT2D eigenvalue weighted by molar-refractivity contribution is 5.89. The topological polar surface area (TPSA) is 116 Å². The Morgan fingerprint density at radius 1 is 1.26 bits per heavy atom. The summed E-state index contributed by atoms with van der Waals surface area (Å²) in [7, 11) is 0. The quantitative estimate of drug-likeness (QED) is 0.473. The summed E-state index contributed by atoms with van der Waals surface area (Å²) in [6.45, 7) is 5.29. The molecule has 0 bridgehead atoms. The first-order valence-electron chi connectivity index (χ1n) is 6.65. The fourth-order valence-corrected chi connectivity index (χ4v) is 1.45. The molecule has 0 saturated carbocycles. The molecule has 0 saturated heterocycles. The fraction of sp³-hybridized carbons (Fsp3) is 0.750. The molecule has 0 aromatic carbocycles. The Kier molecular flexibility index (Phi) is 6.88. The molecule has 0 aromatic rings.